The molecule has 0 unspecified atom stereocenters. The van der Waals surface area contributed by atoms with E-state index < -0.39 is 13.7 Å². The lowest BCUT2D eigenvalue weighted by Gasteiger charge is -2.37. The number of hydrogen-bond donors (Lipinski definition) is 0. The van der Waals surface area contributed by atoms with Crippen molar-refractivity contribution in [3.05, 3.63) is 23.8 Å². The quantitative estimate of drug-likeness (QED) is 0.388. The van der Waals surface area contributed by atoms with Crippen molar-refractivity contribution in [2.24, 2.45) is 29.1 Å². The minimum atomic E-state index is -2.01. The maximum absolute atomic E-state index is 13.0. The molecule has 0 aromatic heterocycles. The van der Waals surface area contributed by atoms with Crippen molar-refractivity contribution >= 4 is 20.1 Å². The van der Waals surface area contributed by atoms with Crippen LogP contribution in [0.1, 0.15) is 53.5 Å². The zero-order chi connectivity index (χ0) is 24.1. The van der Waals surface area contributed by atoms with Crippen LogP contribution in [0.15, 0.2) is 18.2 Å². The van der Waals surface area contributed by atoms with E-state index in [0.717, 1.165) is 29.9 Å². The molecule has 0 spiro atoms. The first-order valence-corrected chi connectivity index (χ1v) is 14.6. The van der Waals surface area contributed by atoms with Crippen molar-refractivity contribution in [2.75, 3.05) is 13.7 Å². The SMILES string of the molecule is COc1ccc(C[C@@H]2C[C@H]3[C@H](COC(=O)C(C)(C)C)[C@H]3C2=O)cc1O[Si](C)(C)C(C)(C)C. The van der Waals surface area contributed by atoms with E-state index in [1.807, 2.05) is 32.9 Å². The van der Waals surface area contributed by atoms with Gasteiger partial charge >= 0.3 is 5.97 Å². The summed E-state index contributed by atoms with van der Waals surface area (Å²) in [6, 6.07) is 6.04. The van der Waals surface area contributed by atoms with Gasteiger partial charge in [-0.1, -0.05) is 26.8 Å². The second kappa shape index (κ2) is 8.51. The Morgan fingerprint density at radius 2 is 1.75 bits per heavy atom. The lowest BCUT2D eigenvalue weighted by molar-refractivity contribution is -0.154. The molecule has 6 heteroatoms. The third-order valence-corrected chi connectivity index (χ3v) is 11.9. The molecule has 0 aliphatic heterocycles. The van der Waals surface area contributed by atoms with Gasteiger partial charge in [-0.25, -0.2) is 0 Å². The van der Waals surface area contributed by atoms with E-state index >= 15 is 0 Å². The van der Waals surface area contributed by atoms with Crippen LogP contribution in [0.5, 0.6) is 11.5 Å². The Morgan fingerprint density at radius 3 is 2.25 bits per heavy atom. The molecule has 5 nitrogen and oxygen atoms in total. The molecule has 4 atom stereocenters. The normalized spacial score (nSPS) is 25.3. The van der Waals surface area contributed by atoms with Crippen molar-refractivity contribution in [2.45, 2.75) is 72.5 Å². The number of fused-ring (bicyclic) bond motifs is 1. The number of rotatable bonds is 7. The molecule has 1 aromatic rings. The van der Waals surface area contributed by atoms with Gasteiger partial charge in [0.15, 0.2) is 5.75 Å². The number of hydrogen-bond acceptors (Lipinski definition) is 5. The van der Waals surface area contributed by atoms with Crippen molar-refractivity contribution in [3.63, 3.8) is 0 Å². The molecule has 0 amide bonds. The van der Waals surface area contributed by atoms with Crippen LogP contribution in [0, 0.1) is 29.1 Å². The molecule has 0 saturated heterocycles. The van der Waals surface area contributed by atoms with Gasteiger partial charge in [-0.3, -0.25) is 9.59 Å². The van der Waals surface area contributed by atoms with E-state index in [0.29, 0.717) is 18.3 Å². The summed E-state index contributed by atoms with van der Waals surface area (Å²) in [4.78, 5) is 25.0. The van der Waals surface area contributed by atoms with Crippen LogP contribution < -0.4 is 9.16 Å². The molecule has 0 N–H and O–H groups in total. The van der Waals surface area contributed by atoms with Crippen LogP contribution in [0.2, 0.25) is 18.1 Å². The molecule has 2 saturated carbocycles. The number of esters is 1. The van der Waals surface area contributed by atoms with E-state index in [4.69, 9.17) is 13.9 Å². The highest BCUT2D eigenvalue weighted by atomic mass is 28.4. The van der Waals surface area contributed by atoms with Gasteiger partial charge in [-0.05, 0) is 75.4 Å². The molecule has 178 valence electrons. The van der Waals surface area contributed by atoms with Crippen molar-refractivity contribution in [1.29, 1.82) is 0 Å². The highest BCUT2D eigenvalue weighted by Gasteiger charge is 2.61. The molecule has 2 fully saturated rings. The fraction of sp³-hybridized carbons (Fsp3) is 0.692. The fourth-order valence-corrected chi connectivity index (χ4v) is 5.36. The number of ether oxygens (including phenoxy) is 2. The molecule has 0 heterocycles. The van der Waals surface area contributed by atoms with Gasteiger partial charge in [0.25, 0.3) is 8.32 Å². The smallest absolute Gasteiger partial charge is 0.311 e. The van der Waals surface area contributed by atoms with Crippen LogP contribution in [-0.4, -0.2) is 33.8 Å². The zero-order valence-corrected chi connectivity index (χ0v) is 22.2. The minimum Gasteiger partial charge on any atom is -0.541 e. The largest absolute Gasteiger partial charge is 0.541 e. The number of Topliss-reactive ketones (excluding diaryl/α,β-unsaturated/α-hetero) is 1. The first kappa shape index (κ1) is 24.8. The molecule has 32 heavy (non-hydrogen) atoms. The molecule has 0 radical (unpaired) electrons. The highest BCUT2D eigenvalue weighted by molar-refractivity contribution is 6.74. The molecule has 2 aliphatic carbocycles. The second-order valence-corrected chi connectivity index (χ2v) is 16.8. The minimum absolute atomic E-state index is 0.0358. The van der Waals surface area contributed by atoms with Crippen molar-refractivity contribution < 1.29 is 23.5 Å². The summed E-state index contributed by atoms with van der Waals surface area (Å²) in [5, 5.41) is 0.0855. The molecular formula is C26H40O5Si. The average molecular weight is 461 g/mol. The predicted octanol–water partition coefficient (Wildman–Crippen LogP) is 5.66. The summed E-state index contributed by atoms with van der Waals surface area (Å²) >= 11 is 0. The van der Waals surface area contributed by atoms with E-state index in [2.05, 4.69) is 39.9 Å². The Labute approximate surface area is 194 Å². The van der Waals surface area contributed by atoms with Gasteiger partial charge in [-0.2, -0.15) is 0 Å². The number of carbonyl (C=O) groups excluding carboxylic acids is 2. The Balaban J connectivity index is 1.62. The summed E-state index contributed by atoms with van der Waals surface area (Å²) in [7, 11) is -0.347. The summed E-state index contributed by atoms with van der Waals surface area (Å²) in [5.74, 6) is 2.31. The Hall–Kier alpha value is -1.82. The Kier molecular flexibility index (Phi) is 6.60. The fourth-order valence-electron chi connectivity index (χ4n) is 4.35. The van der Waals surface area contributed by atoms with Gasteiger partial charge in [0.1, 0.15) is 11.5 Å². The lowest BCUT2D eigenvalue weighted by atomic mass is 9.91. The number of carbonyl (C=O) groups is 2. The second-order valence-electron chi connectivity index (χ2n) is 12.1. The lowest BCUT2D eigenvalue weighted by Crippen LogP contribution is -2.43. The Morgan fingerprint density at radius 1 is 1.09 bits per heavy atom. The number of benzene rings is 1. The summed E-state index contributed by atoms with van der Waals surface area (Å²) in [6.07, 6.45) is 1.60. The summed E-state index contributed by atoms with van der Waals surface area (Å²) in [5.41, 5.74) is 0.602. The van der Waals surface area contributed by atoms with E-state index in [1.165, 1.54) is 0 Å². The summed E-state index contributed by atoms with van der Waals surface area (Å²) < 4.78 is 17.5. The van der Waals surface area contributed by atoms with Gasteiger partial charge in [0.05, 0.1) is 19.1 Å². The van der Waals surface area contributed by atoms with Crippen molar-refractivity contribution in [3.8, 4) is 11.5 Å². The standard InChI is InChI=1S/C26H40O5Si/c1-25(2,3)24(28)30-15-19-18-14-17(23(27)22(18)19)12-16-10-11-20(29-7)21(13-16)31-32(8,9)26(4,5)6/h10-11,13,17-19,22H,12,14-15H2,1-9H3/t17-,18+,19+,22+/m1/s1. The maximum atomic E-state index is 13.0. The van der Waals surface area contributed by atoms with Gasteiger partial charge in [0.2, 0.25) is 0 Å². The van der Waals surface area contributed by atoms with E-state index in [9.17, 15) is 9.59 Å². The topological polar surface area (TPSA) is 61.8 Å². The highest BCUT2D eigenvalue weighted by Crippen LogP contribution is 2.58. The molecule has 1 aromatic carbocycles. The molecule has 2 aliphatic rings. The van der Waals surface area contributed by atoms with Crippen molar-refractivity contribution in [1.82, 2.24) is 0 Å². The van der Waals surface area contributed by atoms with Crippen LogP contribution in [0.25, 0.3) is 0 Å². The third kappa shape index (κ3) is 5.05. The van der Waals surface area contributed by atoms with Crippen LogP contribution in [-0.2, 0) is 20.7 Å². The van der Waals surface area contributed by atoms with E-state index in [-0.39, 0.29) is 28.8 Å². The monoisotopic (exact) mass is 460 g/mol. The van der Waals surface area contributed by atoms with Crippen LogP contribution in [0.4, 0.5) is 0 Å². The van der Waals surface area contributed by atoms with Crippen LogP contribution >= 0.6 is 0 Å². The average Bonchev–Trinajstić information content (AvgIpc) is 3.25. The van der Waals surface area contributed by atoms with Gasteiger partial charge in [0, 0.05) is 17.8 Å². The van der Waals surface area contributed by atoms with Crippen LogP contribution in [0.3, 0.4) is 0 Å². The first-order valence-electron chi connectivity index (χ1n) is 11.7. The number of ketones is 1. The molecule has 0 bridgehead atoms. The van der Waals surface area contributed by atoms with Gasteiger partial charge in [-0.15, -0.1) is 0 Å². The van der Waals surface area contributed by atoms with E-state index in [1.54, 1.807) is 7.11 Å². The third-order valence-electron chi connectivity index (χ3n) is 7.52. The number of methoxy groups -OCH3 is 1. The first-order chi connectivity index (χ1) is 14.7. The molecule has 3 rings (SSSR count). The predicted molar refractivity (Wildman–Crippen MR) is 129 cm³/mol. The molecular weight excluding hydrogens is 420 g/mol. The summed E-state index contributed by atoms with van der Waals surface area (Å²) in [6.45, 7) is 17.0. The Bertz CT molecular complexity index is 877. The van der Waals surface area contributed by atoms with Gasteiger partial charge < -0.3 is 13.9 Å². The maximum Gasteiger partial charge on any atom is 0.311 e. The zero-order valence-electron chi connectivity index (χ0n) is 21.2.